The first-order valence-electron chi connectivity index (χ1n) is 41.4. The Labute approximate surface area is 484 Å². The highest BCUT2D eigenvalue weighted by molar-refractivity contribution is 6.08. The zero-order valence-corrected chi connectivity index (χ0v) is 38.0. The number of carbonyl (C=O) groups excluding carboxylic acids is 3. The van der Waals surface area contributed by atoms with Crippen LogP contribution in [0.1, 0.15) is 159 Å². The van der Waals surface area contributed by atoms with E-state index in [1.54, 1.807) is 13.8 Å². The molecule has 1 fully saturated rings. The van der Waals surface area contributed by atoms with Gasteiger partial charge in [-0.3, -0.25) is 19.1 Å². The van der Waals surface area contributed by atoms with Crippen LogP contribution in [0.25, 0.3) is 0 Å². The second kappa shape index (κ2) is 24.4. The van der Waals surface area contributed by atoms with E-state index < -0.39 is 333 Å². The van der Waals surface area contributed by atoms with Gasteiger partial charge in [-0.1, -0.05) is 242 Å². The number of benzene rings is 8. The van der Waals surface area contributed by atoms with Crippen molar-refractivity contribution >= 4 is 18.0 Å². The summed E-state index contributed by atoms with van der Waals surface area (Å²) in [7, 11) is 0. The maximum atomic E-state index is 13.3. The molecule has 1 aliphatic carbocycles. The van der Waals surface area contributed by atoms with Crippen molar-refractivity contribution < 1.29 is 74.3 Å². The molecule has 0 unspecified atom stereocenters. The number of amides is 1. The summed E-state index contributed by atoms with van der Waals surface area (Å²) in [6, 6.07) is -27.5. The number of carbonyl (C=O) groups is 3. The molecule has 0 radical (unpaired) electrons. The molecule has 8 heteroatoms. The lowest BCUT2D eigenvalue weighted by Gasteiger charge is -2.40. The van der Waals surface area contributed by atoms with Crippen molar-refractivity contribution in [3.63, 3.8) is 0 Å². The molecule has 0 spiro atoms. The Morgan fingerprint density at radius 2 is 0.932 bits per heavy atom. The van der Waals surface area contributed by atoms with Gasteiger partial charge in [-0.05, 0) is 60.1 Å². The molecule has 9 aromatic rings. The monoisotopic (exact) mass is 1000 g/mol. The molecule has 1 aromatic heterocycles. The van der Waals surface area contributed by atoms with Gasteiger partial charge in [0.25, 0.3) is 5.91 Å². The first-order chi connectivity index (χ1) is 52.3. The molecular formula is C65H59N3O5. The van der Waals surface area contributed by atoms with Crippen molar-refractivity contribution in [3.05, 3.63) is 308 Å². The molecule has 0 bridgehead atoms. The second-order valence-corrected chi connectivity index (χ2v) is 15.4. The van der Waals surface area contributed by atoms with Gasteiger partial charge in [0.15, 0.2) is 17.2 Å². The van der Waals surface area contributed by atoms with Gasteiger partial charge in [-0.25, -0.2) is 0 Å². The van der Waals surface area contributed by atoms with Crippen LogP contribution in [0.3, 0.4) is 0 Å². The number of aromatic nitrogens is 2. The summed E-state index contributed by atoms with van der Waals surface area (Å²) in [6.07, 6.45) is 1.66. The summed E-state index contributed by atoms with van der Waals surface area (Å²) in [5.41, 5.74) is -5.77. The average molecular weight is 1000 g/mol. The molecule has 1 saturated carbocycles. The lowest BCUT2D eigenvalue weighted by atomic mass is 9.83. The van der Waals surface area contributed by atoms with Crippen molar-refractivity contribution in [3.8, 4) is 5.75 Å². The van der Waals surface area contributed by atoms with E-state index >= 15 is 0 Å². The van der Waals surface area contributed by atoms with Gasteiger partial charge in [-0.15, -0.1) is 0 Å². The molecule has 8 nitrogen and oxygen atoms in total. The Balaban J connectivity index is 0.000000193. The molecular weight excluding hydrogens is 903 g/mol. The molecule has 364 valence electrons. The molecule has 2 aliphatic rings. The Hall–Kier alpha value is -8.75. The van der Waals surface area contributed by atoms with E-state index in [1.807, 2.05) is 0 Å². The molecule has 73 heavy (non-hydrogen) atoms. The summed E-state index contributed by atoms with van der Waals surface area (Å²) in [5.74, 6) is -6.06. The molecule has 1 N–H and O–H groups in total. The maximum absolute atomic E-state index is 13.3. The van der Waals surface area contributed by atoms with Crippen molar-refractivity contribution in [2.24, 2.45) is 0 Å². The topological polar surface area (TPSA) is 110 Å². The summed E-state index contributed by atoms with van der Waals surface area (Å²) < 4.78 is 317. The highest BCUT2D eigenvalue weighted by Gasteiger charge is 2.45. The van der Waals surface area contributed by atoms with E-state index in [4.69, 9.17) is 54.8 Å². The highest BCUT2D eigenvalue weighted by Crippen LogP contribution is 2.53. The smallest absolute Gasteiger partial charge is 0.276 e. The third-order valence-corrected chi connectivity index (χ3v) is 10.8. The summed E-state index contributed by atoms with van der Waals surface area (Å²) in [4.78, 5) is 51.1. The molecule has 1 aliphatic heterocycles. The van der Waals surface area contributed by atoms with Crippen molar-refractivity contribution in [2.75, 3.05) is 6.54 Å². The minimum Gasteiger partial charge on any atom is -0.502 e. The van der Waals surface area contributed by atoms with E-state index in [-0.39, 0.29) is 24.0 Å². The number of ketones is 1. The second-order valence-electron chi connectivity index (χ2n) is 15.4. The number of rotatable bonds is 11. The van der Waals surface area contributed by atoms with Gasteiger partial charge in [0.1, 0.15) is 6.29 Å². The van der Waals surface area contributed by atoms with Gasteiger partial charge >= 0.3 is 0 Å². The van der Waals surface area contributed by atoms with Gasteiger partial charge in [0.2, 0.25) is 5.43 Å². The van der Waals surface area contributed by atoms with Crippen molar-refractivity contribution in [2.45, 2.75) is 56.0 Å². The third-order valence-electron chi connectivity index (χ3n) is 10.8. The molecule has 8 aromatic carbocycles. The standard InChI is InChI=1S/C23H23N3O3.C15H14.C14H12O.C13H10O/c1-15(2)25-14-18(26-21(23(25)29)22(28)19(27)13-24-26)20(16-9-5-3-6-10-16)17-11-7-4-8-12-17;1-3-7-13(8-4-1)15(11-12-15)14-9-5-2-6-10-14;15-11-14(12-7-3-1-4-8-12)13-9-5-2-6-10-13;14-13(11-7-3-1-4-8-11)12-9-5-2-6-10-12/h3-13,15,18,20,28H,14H2,1-2H3;1-10H,11-12H2;1-11,14H;1-10H/t18-;;;/m1.../s1/i3D,4D,5D,6D,7D,8D,9D,10D,11D,12D;3*1D,2D,3D,4D,5D,6D,7D,8D,9D,10D. The highest BCUT2D eigenvalue weighted by atomic mass is 16.3. The summed E-state index contributed by atoms with van der Waals surface area (Å²) in [5, 5.41) is 14.6. The van der Waals surface area contributed by atoms with E-state index in [1.165, 1.54) is 4.90 Å². The van der Waals surface area contributed by atoms with E-state index in [2.05, 4.69) is 5.10 Å². The minimum absolute atomic E-state index is 0.00275. The Morgan fingerprint density at radius 3 is 1.29 bits per heavy atom. The molecule has 1 amide bonds. The molecule has 0 saturated heterocycles. The predicted molar refractivity (Wildman–Crippen MR) is 290 cm³/mol. The number of hydrogen-bond donors (Lipinski definition) is 1. The van der Waals surface area contributed by atoms with Crippen LogP contribution in [0.4, 0.5) is 0 Å². The Kier molecular flexibility index (Phi) is 6.94. The number of hydrogen-bond acceptors (Lipinski definition) is 6. The lowest BCUT2D eigenvalue weighted by molar-refractivity contribution is -0.108. The van der Waals surface area contributed by atoms with Gasteiger partial charge in [0, 0.05) is 35.0 Å². The Morgan fingerprint density at radius 1 is 0.575 bits per heavy atom. The normalized spacial score (nSPS) is 21.7. The van der Waals surface area contributed by atoms with Crippen LogP contribution in [0, 0.1) is 0 Å². The molecule has 11 rings (SSSR count). The lowest BCUT2D eigenvalue weighted by Crippen LogP contribution is -2.49. The fourth-order valence-corrected chi connectivity index (χ4v) is 7.15. The largest absolute Gasteiger partial charge is 0.502 e. The van der Waals surface area contributed by atoms with E-state index in [0.717, 1.165) is 10.9 Å². The number of aldehydes is 1. The van der Waals surface area contributed by atoms with E-state index in [9.17, 15) is 24.3 Å². The molecule has 1 atom stereocenters. The van der Waals surface area contributed by atoms with Crippen LogP contribution in [-0.2, 0) is 10.2 Å². The van der Waals surface area contributed by atoms with Crippen molar-refractivity contribution in [1.82, 2.24) is 14.7 Å². The molecule has 2 heterocycles. The number of nitrogens with zero attached hydrogens (tertiary/aromatic N) is 3. The summed E-state index contributed by atoms with van der Waals surface area (Å²) in [6.45, 7) is 3.05. The maximum Gasteiger partial charge on any atom is 0.276 e. The first kappa shape index (κ1) is 20.8. The van der Waals surface area contributed by atoms with Crippen LogP contribution >= 0.6 is 0 Å². The van der Waals surface area contributed by atoms with Crippen LogP contribution in [-0.4, -0.2) is 50.4 Å². The fraction of sp³-hybridized carbons (Fsp3) is 0.154. The van der Waals surface area contributed by atoms with Crippen molar-refractivity contribution in [1.29, 1.82) is 0 Å². The van der Waals surface area contributed by atoms with Crippen LogP contribution in [0.15, 0.2) is 253 Å². The number of aromatic hydroxyl groups is 1. The van der Waals surface area contributed by atoms with Gasteiger partial charge in [0.05, 0.1) is 73.0 Å². The zero-order chi connectivity index (χ0) is 85.8. The zero-order valence-electron chi connectivity index (χ0n) is 78.0. The van der Waals surface area contributed by atoms with Crippen LogP contribution in [0.5, 0.6) is 5.75 Å². The Bertz CT molecular complexity index is 5140. The number of fused-ring (bicyclic) bond motifs is 1. The first-order valence-corrected chi connectivity index (χ1v) is 21.4. The minimum atomic E-state index is -1.59. The quantitative estimate of drug-likeness (QED) is 0.102. The summed E-state index contributed by atoms with van der Waals surface area (Å²) >= 11 is 0. The van der Waals surface area contributed by atoms with Crippen LogP contribution < -0.4 is 5.43 Å². The predicted octanol–water partition coefficient (Wildman–Crippen LogP) is 12.9. The average Bonchev–Trinajstić information content (AvgIpc) is 1.56. The van der Waals surface area contributed by atoms with E-state index in [0.29, 0.717) is 12.8 Å². The van der Waals surface area contributed by atoms with Gasteiger partial charge < -0.3 is 14.8 Å². The van der Waals surface area contributed by atoms with Crippen LogP contribution in [0.2, 0.25) is 0 Å². The fourth-order valence-electron chi connectivity index (χ4n) is 7.15. The van der Waals surface area contributed by atoms with Gasteiger partial charge in [-0.2, -0.15) is 5.10 Å². The SMILES string of the molecule is [2H]c1c([2H])c([2H])c(C(=O)c2c([2H])c([2H])c([2H])c([2H])c2[2H])c([2H])c1[2H].[2H]c1c([2H])c([2H])c(C(C=O)c2c([2H])c([2H])c([2H])c([2H])c2[2H])c([2H])c1[2H].[2H]c1c([2H])c([2H])c(C(c2c([2H])c([2H])c([2H])c([2H])c2[2H])[C@H]2CN(C(C)C)C(=O)c3c(O)c(=O)cnn32)c([2H])c1[2H].[2H]c1c([2H])c([2H])c(C2(c3c([2H])c([2H])c([2H])c([2H])c3[2H])CC2)c([2H])c1[2H]. The third kappa shape index (κ3) is 12.2.